The Morgan fingerprint density at radius 3 is 1.92 bits per heavy atom. The summed E-state index contributed by atoms with van der Waals surface area (Å²) in [7, 11) is 3.44. The number of ether oxygens (including phenoxy) is 2. The molecule has 0 spiro atoms. The summed E-state index contributed by atoms with van der Waals surface area (Å²) in [5.74, 6) is 0.306. The molecule has 0 radical (unpaired) electrons. The molecule has 2 nitrogen and oxygen atoms in total. The van der Waals surface area contributed by atoms with E-state index in [-0.39, 0.29) is 5.79 Å². The first-order valence-electron chi connectivity index (χ1n) is 4.74. The Morgan fingerprint density at radius 2 is 1.67 bits per heavy atom. The van der Waals surface area contributed by atoms with Gasteiger partial charge in [-0.15, -0.1) is 0 Å². The van der Waals surface area contributed by atoms with E-state index in [1.165, 1.54) is 6.42 Å². The topological polar surface area (TPSA) is 18.5 Å². The zero-order chi connectivity index (χ0) is 9.61. The van der Waals surface area contributed by atoms with Crippen LogP contribution in [0.5, 0.6) is 0 Å². The predicted octanol–water partition coefficient (Wildman–Crippen LogP) is 2.82. The Morgan fingerprint density at radius 1 is 1.17 bits per heavy atom. The molecular weight excluding hydrogens is 152 g/mol. The van der Waals surface area contributed by atoms with Gasteiger partial charge in [0.15, 0.2) is 5.79 Å². The second-order valence-electron chi connectivity index (χ2n) is 3.39. The van der Waals surface area contributed by atoms with Crippen LogP contribution in [0.3, 0.4) is 0 Å². The van der Waals surface area contributed by atoms with E-state index in [4.69, 9.17) is 9.47 Å². The van der Waals surface area contributed by atoms with Crippen molar-refractivity contribution in [2.45, 2.75) is 45.8 Å². The normalized spacial score (nSPS) is 14.8. The van der Waals surface area contributed by atoms with Crippen LogP contribution in [0.4, 0.5) is 0 Å². The number of methoxy groups -OCH3 is 2. The molecule has 74 valence electrons. The summed E-state index contributed by atoms with van der Waals surface area (Å²) in [6, 6.07) is 0. The van der Waals surface area contributed by atoms with E-state index in [1.54, 1.807) is 14.2 Å². The molecule has 1 unspecified atom stereocenters. The third-order valence-electron chi connectivity index (χ3n) is 2.64. The van der Waals surface area contributed by atoms with E-state index in [9.17, 15) is 0 Å². The van der Waals surface area contributed by atoms with Crippen LogP contribution >= 0.6 is 0 Å². The second-order valence-corrected chi connectivity index (χ2v) is 3.39. The first kappa shape index (κ1) is 11.9. The first-order chi connectivity index (χ1) is 5.64. The third-order valence-corrected chi connectivity index (χ3v) is 2.64. The molecule has 1 atom stereocenters. The van der Waals surface area contributed by atoms with E-state index in [0.29, 0.717) is 5.92 Å². The molecule has 0 heterocycles. The van der Waals surface area contributed by atoms with E-state index in [0.717, 1.165) is 12.8 Å². The molecule has 0 rings (SSSR count). The molecule has 0 aliphatic rings. The third kappa shape index (κ3) is 3.11. The van der Waals surface area contributed by atoms with Gasteiger partial charge in [0, 0.05) is 20.6 Å². The van der Waals surface area contributed by atoms with Crippen LogP contribution in [0.15, 0.2) is 0 Å². The van der Waals surface area contributed by atoms with Crippen molar-refractivity contribution in [1.29, 1.82) is 0 Å². The van der Waals surface area contributed by atoms with Crippen molar-refractivity contribution in [2.75, 3.05) is 14.2 Å². The average molecular weight is 174 g/mol. The second kappa shape index (κ2) is 5.55. The van der Waals surface area contributed by atoms with Gasteiger partial charge in [-0.05, 0) is 12.3 Å². The number of hydrogen-bond donors (Lipinski definition) is 0. The summed E-state index contributed by atoms with van der Waals surface area (Å²) in [4.78, 5) is 0. The molecule has 2 heteroatoms. The highest BCUT2D eigenvalue weighted by Crippen LogP contribution is 2.26. The summed E-state index contributed by atoms with van der Waals surface area (Å²) >= 11 is 0. The fourth-order valence-electron chi connectivity index (χ4n) is 1.36. The quantitative estimate of drug-likeness (QED) is 0.576. The molecule has 0 aromatic heterocycles. The SMILES string of the molecule is CCC(C)CC(CC)(OC)OC. The van der Waals surface area contributed by atoms with E-state index in [1.807, 2.05) is 0 Å². The molecule has 0 saturated carbocycles. The molecule has 0 aliphatic heterocycles. The molecule has 0 aromatic carbocycles. The monoisotopic (exact) mass is 174 g/mol. The standard InChI is InChI=1S/C10H22O2/c1-6-9(3)8-10(7-2,11-4)12-5/h9H,6-8H2,1-5H3. The maximum atomic E-state index is 5.39. The van der Waals surface area contributed by atoms with Crippen LogP contribution in [-0.2, 0) is 9.47 Å². The summed E-state index contributed by atoms with van der Waals surface area (Å²) in [6.07, 6.45) is 3.06. The molecular formula is C10H22O2. The molecule has 0 aromatic rings. The maximum absolute atomic E-state index is 5.39. The molecule has 12 heavy (non-hydrogen) atoms. The fraction of sp³-hybridized carbons (Fsp3) is 1.00. The summed E-state index contributed by atoms with van der Waals surface area (Å²) < 4.78 is 10.8. The van der Waals surface area contributed by atoms with E-state index in [2.05, 4.69) is 20.8 Å². The maximum Gasteiger partial charge on any atom is 0.167 e. The van der Waals surface area contributed by atoms with Gasteiger partial charge in [0.1, 0.15) is 0 Å². The lowest BCUT2D eigenvalue weighted by atomic mass is 9.96. The van der Waals surface area contributed by atoms with Gasteiger partial charge < -0.3 is 9.47 Å². The van der Waals surface area contributed by atoms with Crippen molar-refractivity contribution in [3.63, 3.8) is 0 Å². The van der Waals surface area contributed by atoms with Crippen molar-refractivity contribution >= 4 is 0 Å². The zero-order valence-electron chi connectivity index (χ0n) is 9.02. The van der Waals surface area contributed by atoms with Gasteiger partial charge in [-0.2, -0.15) is 0 Å². The summed E-state index contributed by atoms with van der Waals surface area (Å²) in [5.41, 5.74) is 0. The number of hydrogen-bond acceptors (Lipinski definition) is 2. The molecule has 0 amide bonds. The summed E-state index contributed by atoms with van der Waals surface area (Å²) in [6.45, 7) is 6.51. The van der Waals surface area contributed by atoms with Crippen molar-refractivity contribution in [2.24, 2.45) is 5.92 Å². The summed E-state index contributed by atoms with van der Waals surface area (Å²) in [5, 5.41) is 0. The van der Waals surface area contributed by atoms with Crippen LogP contribution in [0, 0.1) is 5.92 Å². The Kier molecular flexibility index (Phi) is 5.51. The minimum absolute atomic E-state index is 0.352. The fourth-order valence-corrected chi connectivity index (χ4v) is 1.36. The van der Waals surface area contributed by atoms with Gasteiger partial charge in [-0.25, -0.2) is 0 Å². The highest BCUT2D eigenvalue weighted by atomic mass is 16.7. The minimum atomic E-state index is -0.352. The Balaban J connectivity index is 4.09. The van der Waals surface area contributed by atoms with E-state index < -0.39 is 0 Å². The average Bonchev–Trinajstić information content (AvgIpc) is 2.14. The first-order valence-corrected chi connectivity index (χ1v) is 4.74. The smallest absolute Gasteiger partial charge is 0.167 e. The van der Waals surface area contributed by atoms with Crippen molar-refractivity contribution < 1.29 is 9.47 Å². The van der Waals surface area contributed by atoms with Crippen LogP contribution in [0.1, 0.15) is 40.0 Å². The van der Waals surface area contributed by atoms with Crippen LogP contribution in [0.25, 0.3) is 0 Å². The van der Waals surface area contributed by atoms with Gasteiger partial charge in [0.2, 0.25) is 0 Å². The van der Waals surface area contributed by atoms with Gasteiger partial charge >= 0.3 is 0 Å². The van der Waals surface area contributed by atoms with Crippen molar-refractivity contribution in [1.82, 2.24) is 0 Å². The van der Waals surface area contributed by atoms with Crippen molar-refractivity contribution in [3.8, 4) is 0 Å². The lowest BCUT2D eigenvalue weighted by Crippen LogP contribution is -2.34. The van der Waals surface area contributed by atoms with Crippen LogP contribution in [-0.4, -0.2) is 20.0 Å². The molecule has 0 fully saturated rings. The van der Waals surface area contributed by atoms with Crippen molar-refractivity contribution in [3.05, 3.63) is 0 Å². The molecule has 0 saturated heterocycles. The van der Waals surface area contributed by atoms with E-state index >= 15 is 0 Å². The minimum Gasteiger partial charge on any atom is -0.353 e. The zero-order valence-corrected chi connectivity index (χ0v) is 9.02. The van der Waals surface area contributed by atoms with Gasteiger partial charge in [-0.1, -0.05) is 27.2 Å². The van der Waals surface area contributed by atoms with Gasteiger partial charge in [0.25, 0.3) is 0 Å². The molecule has 0 N–H and O–H groups in total. The predicted molar refractivity (Wildman–Crippen MR) is 51.1 cm³/mol. The Hall–Kier alpha value is -0.0800. The number of rotatable bonds is 6. The highest BCUT2D eigenvalue weighted by Gasteiger charge is 2.28. The lowest BCUT2D eigenvalue weighted by Gasteiger charge is -2.31. The van der Waals surface area contributed by atoms with Crippen LogP contribution in [0.2, 0.25) is 0 Å². The van der Waals surface area contributed by atoms with Gasteiger partial charge in [-0.3, -0.25) is 0 Å². The molecule has 0 aliphatic carbocycles. The largest absolute Gasteiger partial charge is 0.353 e. The Labute approximate surface area is 76.3 Å². The molecule has 0 bridgehead atoms. The Bertz CT molecular complexity index is 100. The van der Waals surface area contributed by atoms with Crippen LogP contribution < -0.4 is 0 Å². The lowest BCUT2D eigenvalue weighted by molar-refractivity contribution is -0.218. The van der Waals surface area contributed by atoms with Gasteiger partial charge in [0.05, 0.1) is 0 Å². The highest BCUT2D eigenvalue weighted by molar-refractivity contribution is 4.69.